The lowest BCUT2D eigenvalue weighted by molar-refractivity contribution is -0.127. The summed E-state index contributed by atoms with van der Waals surface area (Å²) >= 11 is 5.56. The van der Waals surface area contributed by atoms with E-state index in [-0.39, 0.29) is 22.3 Å². The first-order valence-electron chi connectivity index (χ1n) is 10.2. The van der Waals surface area contributed by atoms with E-state index in [9.17, 15) is 14.0 Å². The fraction of sp³-hybridized carbons (Fsp3) is 0.182. The third-order valence-corrected chi connectivity index (χ3v) is 5.94. The Labute approximate surface area is 194 Å². The molecule has 1 saturated heterocycles. The number of hydrogen-bond donors (Lipinski definition) is 3. The molecule has 1 fully saturated rings. The van der Waals surface area contributed by atoms with E-state index in [1.165, 1.54) is 23.5 Å². The number of hydrazine groups is 1. The minimum atomic E-state index is -0.811. The van der Waals surface area contributed by atoms with E-state index >= 15 is 0 Å². The number of H-pyrrole nitrogens is 1. The Kier molecular flexibility index (Phi) is 6.33. The zero-order valence-electron chi connectivity index (χ0n) is 17.6. The van der Waals surface area contributed by atoms with Crippen LogP contribution in [0.2, 0.25) is 0 Å². The molecule has 4 rings (SSSR count). The van der Waals surface area contributed by atoms with Crippen LogP contribution < -0.4 is 16.6 Å². The number of halogens is 1. The predicted octanol–water partition coefficient (Wildman–Crippen LogP) is 1.51. The number of carbonyl (C=O) groups excluding carboxylic acids is 2. The molecule has 11 heteroatoms. The number of carbonyl (C=O) groups is 2. The lowest BCUT2D eigenvalue weighted by Gasteiger charge is -2.36. The highest BCUT2D eigenvalue weighted by Gasteiger charge is 2.30. The van der Waals surface area contributed by atoms with Gasteiger partial charge in [-0.1, -0.05) is 42.5 Å². The topological polar surface area (TPSA) is 125 Å². The minimum absolute atomic E-state index is 0.0527. The van der Waals surface area contributed by atoms with Gasteiger partial charge in [0.15, 0.2) is 11.6 Å². The summed E-state index contributed by atoms with van der Waals surface area (Å²) in [5, 5.41) is 1.03. The van der Waals surface area contributed by atoms with Crippen LogP contribution in [0, 0.1) is 5.82 Å². The minimum Gasteiger partial charge on any atom is -0.403 e. The molecule has 1 amide bonds. The molecule has 0 radical (unpaired) electrons. The van der Waals surface area contributed by atoms with Crippen LogP contribution in [0.4, 0.5) is 10.2 Å². The quantitative estimate of drug-likeness (QED) is 0.170. The molecule has 1 aliphatic heterocycles. The van der Waals surface area contributed by atoms with Crippen LogP contribution in [-0.4, -0.2) is 62.6 Å². The van der Waals surface area contributed by atoms with Crippen LogP contribution in [0.25, 0.3) is 10.9 Å². The van der Waals surface area contributed by atoms with E-state index in [0.29, 0.717) is 31.2 Å². The maximum atomic E-state index is 14.6. The number of amides is 1. The second-order valence-corrected chi connectivity index (χ2v) is 7.80. The molecular weight excluding hydrogens is 445 g/mol. The molecule has 0 aliphatic carbocycles. The Morgan fingerprint density at radius 3 is 2.48 bits per heavy atom. The van der Waals surface area contributed by atoms with Gasteiger partial charge in [0, 0.05) is 50.3 Å². The molecule has 170 valence electrons. The van der Waals surface area contributed by atoms with Crippen LogP contribution >= 0.6 is 12.2 Å². The summed E-state index contributed by atoms with van der Waals surface area (Å²) in [5.74, 6) is 3.75. The molecular formula is C22H22FN7O2S. The largest absolute Gasteiger partial charge is 0.403 e. The standard InChI is InChI=1S/C22H22FN7O2S/c23-16-13-27-20(30(25)7-6-24)18-17(16)15(12-26-18)19(31)21(32)28-8-10-29(11-9-28)22(33)14-4-2-1-3-5-14/h1-7,12-13,26H,8-11,24-25H2/b7-6-. The first-order chi connectivity index (χ1) is 15.9. The average molecular weight is 468 g/mol. The zero-order valence-corrected chi connectivity index (χ0v) is 18.4. The van der Waals surface area contributed by atoms with Gasteiger partial charge in [0.25, 0.3) is 11.7 Å². The normalized spacial score (nSPS) is 14.1. The Morgan fingerprint density at radius 2 is 1.82 bits per heavy atom. The average Bonchev–Trinajstić information content (AvgIpc) is 3.30. The predicted molar refractivity (Wildman–Crippen MR) is 127 cm³/mol. The summed E-state index contributed by atoms with van der Waals surface area (Å²) in [5.41, 5.74) is 6.38. The van der Waals surface area contributed by atoms with Gasteiger partial charge >= 0.3 is 0 Å². The fourth-order valence-corrected chi connectivity index (χ4v) is 4.09. The van der Waals surface area contributed by atoms with Crippen molar-refractivity contribution in [1.82, 2.24) is 19.8 Å². The molecule has 9 nitrogen and oxygen atoms in total. The molecule has 0 saturated carbocycles. The molecule has 3 heterocycles. The summed E-state index contributed by atoms with van der Waals surface area (Å²) in [6, 6.07) is 9.61. The van der Waals surface area contributed by atoms with Crippen LogP contribution in [0.3, 0.4) is 0 Å². The number of nitrogens with zero attached hydrogens (tertiary/aromatic N) is 4. The monoisotopic (exact) mass is 467 g/mol. The van der Waals surface area contributed by atoms with E-state index < -0.39 is 17.5 Å². The summed E-state index contributed by atoms with van der Waals surface area (Å²) in [6.07, 6.45) is 4.76. The number of piperazine rings is 1. The molecule has 0 spiro atoms. The van der Waals surface area contributed by atoms with Crippen molar-refractivity contribution in [3.05, 3.63) is 72.1 Å². The molecule has 33 heavy (non-hydrogen) atoms. The SMILES string of the molecule is N/C=C\N(N)c1ncc(F)c2c(C(=O)C(=O)N3CCN(C(=S)c4ccccc4)CC3)c[nH]c12. The second-order valence-electron chi connectivity index (χ2n) is 7.41. The Balaban J connectivity index is 1.51. The maximum Gasteiger partial charge on any atom is 0.295 e. The van der Waals surface area contributed by atoms with Crippen molar-refractivity contribution < 1.29 is 14.0 Å². The van der Waals surface area contributed by atoms with E-state index in [1.807, 2.05) is 35.2 Å². The van der Waals surface area contributed by atoms with Crippen LogP contribution in [0.1, 0.15) is 15.9 Å². The van der Waals surface area contributed by atoms with Gasteiger partial charge in [-0.15, -0.1) is 0 Å². The number of benzene rings is 1. The van der Waals surface area contributed by atoms with Gasteiger partial charge in [-0.3, -0.25) is 14.6 Å². The van der Waals surface area contributed by atoms with Crippen molar-refractivity contribution in [2.45, 2.75) is 0 Å². The molecule has 0 atom stereocenters. The number of hydrogen-bond acceptors (Lipinski definition) is 7. The highest BCUT2D eigenvalue weighted by atomic mass is 32.1. The highest BCUT2D eigenvalue weighted by molar-refractivity contribution is 7.80. The van der Waals surface area contributed by atoms with Crippen molar-refractivity contribution >= 4 is 45.6 Å². The smallest absolute Gasteiger partial charge is 0.295 e. The number of pyridine rings is 1. The van der Waals surface area contributed by atoms with Crippen molar-refractivity contribution in [2.75, 3.05) is 31.2 Å². The zero-order chi connectivity index (χ0) is 23.5. The number of nitrogens with two attached hydrogens (primary N) is 2. The van der Waals surface area contributed by atoms with Gasteiger partial charge in [-0.25, -0.2) is 15.2 Å². The maximum absolute atomic E-state index is 14.6. The summed E-state index contributed by atoms with van der Waals surface area (Å²) in [7, 11) is 0. The van der Waals surface area contributed by atoms with E-state index in [2.05, 4.69) is 9.97 Å². The Hall–Kier alpha value is -3.83. The van der Waals surface area contributed by atoms with Crippen LogP contribution in [0.5, 0.6) is 0 Å². The molecule has 2 aromatic heterocycles. The van der Waals surface area contributed by atoms with Gasteiger partial charge in [0.2, 0.25) is 0 Å². The Bertz CT molecular complexity index is 1240. The lowest BCUT2D eigenvalue weighted by Crippen LogP contribution is -2.52. The molecule has 1 aromatic carbocycles. The number of rotatable bonds is 5. The van der Waals surface area contributed by atoms with E-state index in [0.717, 1.165) is 16.8 Å². The van der Waals surface area contributed by atoms with E-state index in [4.69, 9.17) is 23.8 Å². The summed E-state index contributed by atoms with van der Waals surface area (Å²) in [6.45, 7) is 1.65. The first kappa shape index (κ1) is 22.4. The number of anilines is 1. The van der Waals surface area contributed by atoms with Gasteiger partial charge < -0.3 is 20.5 Å². The van der Waals surface area contributed by atoms with Crippen molar-refractivity contribution in [3.63, 3.8) is 0 Å². The summed E-state index contributed by atoms with van der Waals surface area (Å²) < 4.78 is 14.6. The first-order valence-corrected chi connectivity index (χ1v) is 10.6. The van der Waals surface area contributed by atoms with Gasteiger partial charge in [-0.2, -0.15) is 0 Å². The second kappa shape index (κ2) is 9.35. The fourth-order valence-electron chi connectivity index (χ4n) is 3.77. The van der Waals surface area contributed by atoms with Gasteiger partial charge in [0.05, 0.1) is 22.7 Å². The molecule has 3 aromatic rings. The number of thiocarbonyl (C=S) groups is 1. The van der Waals surface area contributed by atoms with E-state index in [1.54, 1.807) is 0 Å². The lowest BCUT2D eigenvalue weighted by atomic mass is 10.1. The number of Topliss-reactive ketones (excluding diaryl/α,β-unsaturated/α-hetero) is 1. The van der Waals surface area contributed by atoms with Gasteiger partial charge in [-0.05, 0) is 0 Å². The highest BCUT2D eigenvalue weighted by Crippen LogP contribution is 2.28. The van der Waals surface area contributed by atoms with Crippen LogP contribution in [-0.2, 0) is 4.79 Å². The molecule has 0 bridgehead atoms. The van der Waals surface area contributed by atoms with Crippen molar-refractivity contribution in [1.29, 1.82) is 0 Å². The number of ketones is 1. The van der Waals surface area contributed by atoms with Crippen molar-refractivity contribution in [2.24, 2.45) is 11.6 Å². The number of aromatic amines is 1. The van der Waals surface area contributed by atoms with Crippen LogP contribution in [0.15, 0.2) is 55.1 Å². The third kappa shape index (κ3) is 4.28. The third-order valence-electron chi connectivity index (χ3n) is 5.45. The summed E-state index contributed by atoms with van der Waals surface area (Å²) in [4.78, 5) is 36.8. The van der Waals surface area contributed by atoms with Gasteiger partial charge in [0.1, 0.15) is 4.99 Å². The molecule has 1 aliphatic rings. The number of aromatic nitrogens is 2. The Morgan fingerprint density at radius 1 is 1.15 bits per heavy atom. The number of nitrogens with one attached hydrogen (secondary N) is 1. The number of fused-ring (bicyclic) bond motifs is 1. The molecule has 0 unspecified atom stereocenters. The molecule has 5 N–H and O–H groups in total. The van der Waals surface area contributed by atoms with Crippen molar-refractivity contribution in [3.8, 4) is 0 Å².